The van der Waals surface area contributed by atoms with E-state index in [4.69, 9.17) is 10.5 Å². The molecule has 7 heteroatoms. The standard InChI is InChI=1S/C11H19N3O3S/c1-14(5-8(15)6-17-2)11(16)9-7-18-10(13-9)3-4-12/h7-8,15H,3-6,12H2,1-2H3. The zero-order valence-electron chi connectivity index (χ0n) is 10.6. The summed E-state index contributed by atoms with van der Waals surface area (Å²) in [7, 11) is 3.13. The molecule has 0 aliphatic carbocycles. The van der Waals surface area contributed by atoms with E-state index in [0.29, 0.717) is 18.7 Å². The average Bonchev–Trinajstić information content (AvgIpc) is 2.77. The van der Waals surface area contributed by atoms with Crippen LogP contribution in [0, 0.1) is 0 Å². The van der Waals surface area contributed by atoms with E-state index in [2.05, 4.69) is 4.98 Å². The number of nitrogens with two attached hydrogens (primary N) is 1. The van der Waals surface area contributed by atoms with Gasteiger partial charge < -0.3 is 20.5 Å². The fraction of sp³-hybridized carbons (Fsp3) is 0.636. The number of carbonyl (C=O) groups excluding carboxylic acids is 1. The van der Waals surface area contributed by atoms with Crippen molar-refractivity contribution in [2.24, 2.45) is 5.73 Å². The molecule has 3 N–H and O–H groups in total. The molecule has 1 unspecified atom stereocenters. The number of likely N-dealkylation sites (N-methyl/N-ethyl adjacent to an activating group) is 1. The molecule has 1 atom stereocenters. The van der Waals surface area contributed by atoms with Gasteiger partial charge >= 0.3 is 0 Å². The smallest absolute Gasteiger partial charge is 0.273 e. The van der Waals surface area contributed by atoms with Gasteiger partial charge in [0.25, 0.3) is 5.91 Å². The third-order valence-electron chi connectivity index (χ3n) is 2.32. The molecule has 102 valence electrons. The second kappa shape index (κ2) is 7.42. The second-order valence-corrected chi connectivity index (χ2v) is 4.90. The number of thiazole rings is 1. The van der Waals surface area contributed by atoms with Crippen LogP contribution < -0.4 is 5.73 Å². The number of amides is 1. The van der Waals surface area contributed by atoms with Gasteiger partial charge in [0.15, 0.2) is 0 Å². The number of hydrogen-bond acceptors (Lipinski definition) is 6. The summed E-state index contributed by atoms with van der Waals surface area (Å²) in [6.07, 6.45) is -0.0142. The highest BCUT2D eigenvalue weighted by Crippen LogP contribution is 2.11. The van der Waals surface area contributed by atoms with Gasteiger partial charge in [0.05, 0.1) is 17.7 Å². The third-order valence-corrected chi connectivity index (χ3v) is 3.23. The molecular formula is C11H19N3O3S. The molecule has 0 aromatic carbocycles. The summed E-state index contributed by atoms with van der Waals surface area (Å²) >= 11 is 1.42. The summed E-state index contributed by atoms with van der Waals surface area (Å²) in [6.45, 7) is 0.938. The molecule has 0 aliphatic rings. The summed E-state index contributed by atoms with van der Waals surface area (Å²) < 4.78 is 4.81. The van der Waals surface area contributed by atoms with Crippen molar-refractivity contribution in [1.29, 1.82) is 0 Å². The van der Waals surface area contributed by atoms with Gasteiger partial charge in [0, 0.05) is 32.5 Å². The molecular weight excluding hydrogens is 254 g/mol. The number of aromatic nitrogens is 1. The van der Waals surface area contributed by atoms with Crippen LogP contribution in [0.4, 0.5) is 0 Å². The lowest BCUT2D eigenvalue weighted by molar-refractivity contribution is 0.0378. The molecule has 18 heavy (non-hydrogen) atoms. The molecule has 0 spiro atoms. The Hall–Kier alpha value is -1.02. The predicted octanol–water partition coefficient (Wildman–Crippen LogP) is -0.276. The molecule has 0 saturated carbocycles. The molecule has 1 heterocycles. The molecule has 1 rings (SSSR count). The Morgan fingerprint density at radius 3 is 3.06 bits per heavy atom. The van der Waals surface area contributed by atoms with Gasteiger partial charge in [-0.2, -0.15) is 0 Å². The molecule has 0 saturated heterocycles. The van der Waals surface area contributed by atoms with E-state index in [1.165, 1.54) is 23.3 Å². The molecule has 0 aliphatic heterocycles. The summed E-state index contributed by atoms with van der Waals surface area (Å²) in [4.78, 5) is 17.6. The van der Waals surface area contributed by atoms with Crippen LogP contribution in [0.5, 0.6) is 0 Å². The maximum absolute atomic E-state index is 12.0. The van der Waals surface area contributed by atoms with E-state index in [9.17, 15) is 9.90 Å². The minimum atomic E-state index is -0.689. The molecule has 1 aromatic rings. The molecule has 0 bridgehead atoms. The van der Waals surface area contributed by atoms with Crippen molar-refractivity contribution in [3.63, 3.8) is 0 Å². The largest absolute Gasteiger partial charge is 0.389 e. The predicted molar refractivity (Wildman–Crippen MR) is 69.7 cm³/mol. The number of methoxy groups -OCH3 is 1. The number of hydrogen-bond donors (Lipinski definition) is 2. The molecule has 6 nitrogen and oxygen atoms in total. The number of aliphatic hydroxyl groups excluding tert-OH is 1. The van der Waals surface area contributed by atoms with Crippen LogP contribution in [0.15, 0.2) is 5.38 Å². The quantitative estimate of drug-likeness (QED) is 0.713. The fourth-order valence-electron chi connectivity index (χ4n) is 1.49. The number of nitrogens with zero attached hydrogens (tertiary/aromatic N) is 2. The fourth-order valence-corrected chi connectivity index (χ4v) is 2.28. The summed E-state index contributed by atoms with van der Waals surface area (Å²) in [5, 5.41) is 12.1. The Labute approximate surface area is 110 Å². The Bertz CT molecular complexity index is 383. The van der Waals surface area contributed by atoms with Crippen LogP contribution in [0.2, 0.25) is 0 Å². The Balaban J connectivity index is 2.56. The van der Waals surface area contributed by atoms with Crippen molar-refractivity contribution < 1.29 is 14.6 Å². The van der Waals surface area contributed by atoms with Gasteiger partial charge in [-0.1, -0.05) is 0 Å². The highest BCUT2D eigenvalue weighted by atomic mass is 32.1. The zero-order valence-corrected chi connectivity index (χ0v) is 11.4. The monoisotopic (exact) mass is 273 g/mol. The number of aliphatic hydroxyl groups is 1. The van der Waals surface area contributed by atoms with Crippen LogP contribution in [-0.2, 0) is 11.2 Å². The van der Waals surface area contributed by atoms with Gasteiger partial charge in [0.2, 0.25) is 0 Å². The van der Waals surface area contributed by atoms with Crippen molar-refractivity contribution >= 4 is 17.2 Å². The minimum Gasteiger partial charge on any atom is -0.389 e. The van der Waals surface area contributed by atoms with Crippen molar-refractivity contribution in [2.45, 2.75) is 12.5 Å². The van der Waals surface area contributed by atoms with E-state index in [1.54, 1.807) is 12.4 Å². The van der Waals surface area contributed by atoms with Gasteiger partial charge in [-0.25, -0.2) is 4.98 Å². The third kappa shape index (κ3) is 4.34. The summed E-state index contributed by atoms with van der Waals surface area (Å²) in [6, 6.07) is 0. The van der Waals surface area contributed by atoms with Gasteiger partial charge in [-0.05, 0) is 6.54 Å². The van der Waals surface area contributed by atoms with Crippen LogP contribution in [-0.4, -0.2) is 60.9 Å². The second-order valence-electron chi connectivity index (χ2n) is 3.96. The molecule has 1 amide bonds. The van der Waals surface area contributed by atoms with E-state index in [-0.39, 0.29) is 19.1 Å². The van der Waals surface area contributed by atoms with Crippen LogP contribution in [0.25, 0.3) is 0 Å². The van der Waals surface area contributed by atoms with Crippen LogP contribution >= 0.6 is 11.3 Å². The first-order valence-corrected chi connectivity index (χ1v) is 6.53. The molecule has 0 fully saturated rings. The number of carbonyl (C=O) groups is 1. The van der Waals surface area contributed by atoms with Crippen molar-refractivity contribution in [2.75, 3.05) is 33.9 Å². The maximum atomic E-state index is 12.0. The zero-order chi connectivity index (χ0) is 13.5. The Kier molecular flexibility index (Phi) is 6.20. The van der Waals surface area contributed by atoms with Gasteiger partial charge in [0.1, 0.15) is 5.69 Å². The Morgan fingerprint density at radius 2 is 2.44 bits per heavy atom. The SMILES string of the molecule is COCC(O)CN(C)C(=O)c1csc(CCN)n1. The highest BCUT2D eigenvalue weighted by molar-refractivity contribution is 7.09. The van der Waals surface area contributed by atoms with E-state index >= 15 is 0 Å². The topological polar surface area (TPSA) is 88.7 Å². The lowest BCUT2D eigenvalue weighted by atomic mass is 10.3. The maximum Gasteiger partial charge on any atom is 0.273 e. The van der Waals surface area contributed by atoms with Gasteiger partial charge in [-0.3, -0.25) is 4.79 Å². The normalized spacial score (nSPS) is 12.4. The van der Waals surface area contributed by atoms with Crippen LogP contribution in [0.1, 0.15) is 15.5 Å². The molecule has 0 radical (unpaired) electrons. The van der Waals surface area contributed by atoms with Crippen molar-refractivity contribution in [3.8, 4) is 0 Å². The van der Waals surface area contributed by atoms with Crippen molar-refractivity contribution in [1.82, 2.24) is 9.88 Å². The van der Waals surface area contributed by atoms with E-state index in [1.807, 2.05) is 0 Å². The summed E-state index contributed by atoms with van der Waals surface area (Å²) in [5.74, 6) is -0.204. The highest BCUT2D eigenvalue weighted by Gasteiger charge is 2.17. The first-order chi connectivity index (χ1) is 8.58. The van der Waals surface area contributed by atoms with E-state index in [0.717, 1.165) is 5.01 Å². The lowest BCUT2D eigenvalue weighted by Gasteiger charge is -2.19. The minimum absolute atomic E-state index is 0.201. The number of rotatable bonds is 7. The van der Waals surface area contributed by atoms with Gasteiger partial charge in [-0.15, -0.1) is 11.3 Å². The first kappa shape index (κ1) is 15.0. The average molecular weight is 273 g/mol. The first-order valence-electron chi connectivity index (χ1n) is 5.65. The van der Waals surface area contributed by atoms with Crippen molar-refractivity contribution in [3.05, 3.63) is 16.1 Å². The van der Waals surface area contributed by atoms with Crippen LogP contribution in [0.3, 0.4) is 0 Å². The molecule has 1 aromatic heterocycles. The lowest BCUT2D eigenvalue weighted by Crippen LogP contribution is -2.36. The summed E-state index contributed by atoms with van der Waals surface area (Å²) in [5.41, 5.74) is 5.83. The Morgan fingerprint density at radius 1 is 1.72 bits per heavy atom. The van der Waals surface area contributed by atoms with E-state index < -0.39 is 6.10 Å². The number of ether oxygens (including phenoxy) is 1.